The first-order chi connectivity index (χ1) is 48.7. The molecule has 2 unspecified atom stereocenters. The summed E-state index contributed by atoms with van der Waals surface area (Å²) in [5, 5.41) is 10.6. The molecule has 3 N–H and O–H groups in total. The Labute approximate surface area is 618 Å². The van der Waals surface area contributed by atoms with Gasteiger partial charge in [0.1, 0.15) is 19.3 Å². The molecule has 0 amide bonds. The van der Waals surface area contributed by atoms with Gasteiger partial charge in [0.25, 0.3) is 0 Å². The smallest absolute Gasteiger partial charge is 0.462 e. The molecule has 0 radical (unpaired) electrons. The maximum atomic E-state index is 13.1. The minimum Gasteiger partial charge on any atom is -0.462 e. The number of hydrogen-bond donors (Lipinski definition) is 3. The fraction of sp³-hybridized carbons (Fsp3) is 0.902. The van der Waals surface area contributed by atoms with Gasteiger partial charge in [-0.05, 0) is 69.1 Å². The second-order valence-electron chi connectivity index (χ2n) is 30.3. The van der Waals surface area contributed by atoms with Crippen molar-refractivity contribution in [2.45, 2.75) is 420 Å². The maximum absolute atomic E-state index is 13.1. The van der Waals surface area contributed by atoms with Gasteiger partial charge in [-0.15, -0.1) is 0 Å². The molecule has 0 bridgehead atoms. The van der Waals surface area contributed by atoms with E-state index in [1.54, 1.807) is 0 Å². The molecule has 19 heteroatoms. The summed E-state index contributed by atoms with van der Waals surface area (Å²) in [6, 6.07) is 0. The summed E-state index contributed by atoms with van der Waals surface area (Å²) in [6.45, 7) is 11.9. The van der Waals surface area contributed by atoms with Gasteiger partial charge in [-0.3, -0.25) is 37.3 Å². The number of carbonyl (C=O) groups excluding carboxylic acids is 4. The van der Waals surface area contributed by atoms with Crippen LogP contribution in [-0.4, -0.2) is 96.7 Å². The lowest BCUT2D eigenvalue weighted by molar-refractivity contribution is -0.161. The first kappa shape index (κ1) is 98.5. The van der Waals surface area contributed by atoms with Gasteiger partial charge in [0.15, 0.2) is 12.2 Å². The Hall–Kier alpha value is -2.46. The molecule has 0 fully saturated rings. The molecule has 0 rings (SSSR count). The highest BCUT2D eigenvalue weighted by molar-refractivity contribution is 7.47. The average molecular weight is 1480 g/mol. The molecular formula is C82H156O17P2. The zero-order valence-corrected chi connectivity index (χ0v) is 67.6. The number of aliphatic hydroxyl groups is 1. The molecule has 101 heavy (non-hydrogen) atoms. The van der Waals surface area contributed by atoms with E-state index < -0.39 is 97.5 Å². The zero-order chi connectivity index (χ0) is 74.4. The summed E-state index contributed by atoms with van der Waals surface area (Å²) in [5.74, 6) is 0.182. The van der Waals surface area contributed by atoms with E-state index in [0.29, 0.717) is 25.7 Å². The number of carbonyl (C=O) groups is 4. The number of esters is 4. The van der Waals surface area contributed by atoms with Gasteiger partial charge in [0.2, 0.25) is 0 Å². The summed E-state index contributed by atoms with van der Waals surface area (Å²) >= 11 is 0. The summed E-state index contributed by atoms with van der Waals surface area (Å²) in [7, 11) is -9.94. The van der Waals surface area contributed by atoms with Crippen LogP contribution in [0.4, 0.5) is 0 Å². The second-order valence-corrected chi connectivity index (χ2v) is 33.2. The quantitative estimate of drug-likeness (QED) is 0.0169. The molecule has 17 nitrogen and oxygen atoms in total. The molecule has 596 valence electrons. The molecule has 0 heterocycles. The Bertz CT molecular complexity index is 2050. The monoisotopic (exact) mass is 1480 g/mol. The lowest BCUT2D eigenvalue weighted by atomic mass is 10.0. The van der Waals surface area contributed by atoms with Crippen LogP contribution in [0.1, 0.15) is 402 Å². The molecule has 0 aromatic heterocycles. The molecule has 0 aliphatic heterocycles. The van der Waals surface area contributed by atoms with Gasteiger partial charge in [-0.25, -0.2) is 9.13 Å². The van der Waals surface area contributed by atoms with Crippen molar-refractivity contribution in [3.8, 4) is 0 Å². The third kappa shape index (κ3) is 75.6. The Morgan fingerprint density at radius 2 is 0.535 bits per heavy atom. The van der Waals surface area contributed by atoms with Gasteiger partial charge in [0, 0.05) is 25.7 Å². The van der Waals surface area contributed by atoms with Gasteiger partial charge in [0.05, 0.1) is 26.4 Å². The Balaban J connectivity index is 5.29. The molecule has 0 saturated heterocycles. The number of aliphatic hydroxyl groups excluding tert-OH is 1. The summed E-state index contributed by atoms with van der Waals surface area (Å²) in [4.78, 5) is 73.1. The second kappa shape index (κ2) is 71.8. The number of phosphoric ester groups is 2. The van der Waals surface area contributed by atoms with Crippen LogP contribution in [0, 0.1) is 17.8 Å². The Morgan fingerprint density at radius 3 is 0.802 bits per heavy atom. The van der Waals surface area contributed by atoms with Crippen LogP contribution < -0.4 is 0 Å². The van der Waals surface area contributed by atoms with Crippen molar-refractivity contribution in [3.63, 3.8) is 0 Å². The van der Waals surface area contributed by atoms with Crippen molar-refractivity contribution in [3.05, 3.63) is 24.3 Å². The van der Waals surface area contributed by atoms with Crippen molar-refractivity contribution in [1.82, 2.24) is 0 Å². The van der Waals surface area contributed by atoms with Crippen molar-refractivity contribution in [1.29, 1.82) is 0 Å². The number of hydrogen-bond acceptors (Lipinski definition) is 15. The number of phosphoric acid groups is 2. The summed E-state index contributed by atoms with van der Waals surface area (Å²) in [6.07, 6.45) is 63.2. The predicted octanol–water partition coefficient (Wildman–Crippen LogP) is 24.1. The van der Waals surface area contributed by atoms with E-state index in [1.165, 1.54) is 193 Å². The molecule has 0 aromatic carbocycles. The highest BCUT2D eigenvalue weighted by Gasteiger charge is 2.30. The fourth-order valence-electron chi connectivity index (χ4n) is 12.1. The zero-order valence-electron chi connectivity index (χ0n) is 65.9. The van der Waals surface area contributed by atoms with Crippen molar-refractivity contribution in [2.24, 2.45) is 17.8 Å². The van der Waals surface area contributed by atoms with Crippen LogP contribution in [0.15, 0.2) is 24.3 Å². The molecule has 0 spiro atoms. The Kier molecular flexibility index (Phi) is 70.0. The summed E-state index contributed by atoms with van der Waals surface area (Å²) < 4.78 is 68.7. The predicted molar refractivity (Wildman–Crippen MR) is 414 cm³/mol. The molecular weight excluding hydrogens is 1320 g/mol. The first-order valence-electron chi connectivity index (χ1n) is 41.7. The fourth-order valence-corrected chi connectivity index (χ4v) is 13.7. The van der Waals surface area contributed by atoms with Gasteiger partial charge in [-0.1, -0.05) is 349 Å². The standard InChI is InChI=1S/C82H156O17P2/c1-8-9-10-11-12-13-14-15-17-25-30-35-44-51-58-65-82(87)99-78(70-93-80(85)64-57-50-43-38-37-41-48-55-62-75(6)7)72-97-101(90,91)95-68-76(83)67-94-100(88,89)96-71-77(69-92-79(84)63-56-49-42-34-29-24-21-20-23-28-33-40-47-54-61-74(4)5)98-81(86)66-59-52-45-36-31-26-19-16-18-22-27-32-39-46-53-60-73(2)3/h13-15,17,73-78,83H,8-12,16,18-72H2,1-7H3,(H,88,89)(H,90,91)/b14-13-,17-15-/t76-,77-,78-/m1/s1. The van der Waals surface area contributed by atoms with E-state index in [2.05, 4.69) is 72.8 Å². The lowest BCUT2D eigenvalue weighted by Gasteiger charge is -2.21. The van der Waals surface area contributed by atoms with Crippen LogP contribution in [-0.2, 0) is 65.4 Å². The largest absolute Gasteiger partial charge is 0.472 e. The third-order valence-electron chi connectivity index (χ3n) is 18.5. The molecule has 0 saturated carbocycles. The van der Waals surface area contributed by atoms with Gasteiger partial charge < -0.3 is 33.8 Å². The van der Waals surface area contributed by atoms with Crippen LogP contribution >= 0.6 is 15.6 Å². The van der Waals surface area contributed by atoms with Crippen molar-refractivity contribution in [2.75, 3.05) is 39.6 Å². The molecule has 0 aliphatic rings. The van der Waals surface area contributed by atoms with Crippen molar-refractivity contribution < 1.29 is 80.2 Å². The number of rotatable bonds is 78. The SMILES string of the molecule is CCCCCC/C=C\C=C/CCCCCCCC(=O)O[C@H](COC(=O)CCCCCCCCCCC(C)C)COP(=O)(O)OC[C@H](O)COP(=O)(O)OC[C@@H](COC(=O)CCCCCCCCCCCCCCCCC(C)C)OC(=O)CCCCCCCCCCCCCCCCCC(C)C. The van der Waals surface area contributed by atoms with E-state index >= 15 is 0 Å². The lowest BCUT2D eigenvalue weighted by Crippen LogP contribution is -2.30. The number of allylic oxidation sites excluding steroid dienone is 4. The normalized spacial score (nSPS) is 14.1. The van der Waals surface area contributed by atoms with Crippen LogP contribution in [0.5, 0.6) is 0 Å². The van der Waals surface area contributed by atoms with E-state index in [1.807, 2.05) is 0 Å². The van der Waals surface area contributed by atoms with Gasteiger partial charge >= 0.3 is 39.5 Å². The van der Waals surface area contributed by atoms with E-state index in [9.17, 15) is 43.2 Å². The number of unbranched alkanes of at least 4 members (excludes halogenated alkanes) is 43. The first-order valence-corrected chi connectivity index (χ1v) is 44.7. The molecule has 5 atom stereocenters. The van der Waals surface area contributed by atoms with Crippen molar-refractivity contribution >= 4 is 39.5 Å². The topological polar surface area (TPSA) is 237 Å². The highest BCUT2D eigenvalue weighted by Crippen LogP contribution is 2.45. The van der Waals surface area contributed by atoms with Crippen LogP contribution in [0.3, 0.4) is 0 Å². The molecule has 0 aliphatic carbocycles. The maximum Gasteiger partial charge on any atom is 0.472 e. The van der Waals surface area contributed by atoms with Crippen LogP contribution in [0.2, 0.25) is 0 Å². The van der Waals surface area contributed by atoms with Gasteiger partial charge in [-0.2, -0.15) is 0 Å². The summed E-state index contributed by atoms with van der Waals surface area (Å²) in [5.41, 5.74) is 0. The minimum atomic E-state index is -4.97. The van der Waals surface area contributed by atoms with E-state index in [0.717, 1.165) is 127 Å². The van der Waals surface area contributed by atoms with Crippen LogP contribution in [0.25, 0.3) is 0 Å². The molecule has 0 aromatic rings. The Morgan fingerprint density at radius 1 is 0.307 bits per heavy atom. The average Bonchev–Trinajstić information content (AvgIpc) is 0.954. The highest BCUT2D eigenvalue weighted by atomic mass is 31.2. The number of ether oxygens (including phenoxy) is 4. The van der Waals surface area contributed by atoms with E-state index in [4.69, 9.17) is 37.0 Å². The third-order valence-corrected chi connectivity index (χ3v) is 20.4. The minimum absolute atomic E-state index is 0.0844. The van der Waals surface area contributed by atoms with E-state index in [-0.39, 0.29) is 25.7 Å².